The van der Waals surface area contributed by atoms with Crippen LogP contribution in [-0.2, 0) is 0 Å². The molecule has 0 bridgehead atoms. The number of amides is 2. The Morgan fingerprint density at radius 3 is 2.60 bits per heavy atom. The number of aromatic amines is 1. The van der Waals surface area contributed by atoms with Crippen LogP contribution in [0.25, 0.3) is 0 Å². The van der Waals surface area contributed by atoms with Crippen molar-refractivity contribution in [3.63, 3.8) is 0 Å². The molecule has 1 aromatic heterocycles. The van der Waals surface area contributed by atoms with Crippen LogP contribution in [0.2, 0.25) is 5.02 Å². The normalized spacial score (nSPS) is 12.1. The van der Waals surface area contributed by atoms with E-state index < -0.39 is 11.8 Å². The van der Waals surface area contributed by atoms with Gasteiger partial charge in [0.25, 0.3) is 11.8 Å². The summed E-state index contributed by atoms with van der Waals surface area (Å²) in [7, 11) is 0. The van der Waals surface area contributed by atoms with E-state index in [2.05, 4.69) is 36.8 Å². The van der Waals surface area contributed by atoms with E-state index in [-0.39, 0.29) is 30.1 Å². The van der Waals surface area contributed by atoms with Crippen molar-refractivity contribution >= 4 is 45.2 Å². The van der Waals surface area contributed by atoms with Crippen LogP contribution in [0.15, 0.2) is 28.7 Å². The minimum Gasteiger partial charge on any atom is -0.394 e. The van der Waals surface area contributed by atoms with Crippen molar-refractivity contribution in [3.8, 4) is 0 Å². The van der Waals surface area contributed by atoms with E-state index in [4.69, 9.17) is 11.6 Å². The molecule has 9 heteroatoms. The first-order chi connectivity index (χ1) is 11.8. The smallest absolute Gasteiger partial charge is 0.270 e. The van der Waals surface area contributed by atoms with E-state index in [1.165, 1.54) is 0 Å². The molecule has 0 spiro atoms. The molecular formula is C16H18BrClN4O3. The second kappa shape index (κ2) is 8.46. The first kappa shape index (κ1) is 19.4. The number of H-pyrrole nitrogens is 1. The van der Waals surface area contributed by atoms with Crippen molar-refractivity contribution in [2.24, 2.45) is 5.92 Å². The number of hydrogen-bond donors (Lipinski definition) is 4. The third-order valence-electron chi connectivity index (χ3n) is 3.60. The third-order valence-corrected chi connectivity index (χ3v) is 4.70. The number of halogens is 2. The van der Waals surface area contributed by atoms with Crippen molar-refractivity contribution in [2.45, 2.75) is 19.9 Å². The fraction of sp³-hybridized carbons (Fsp3) is 0.312. The van der Waals surface area contributed by atoms with Gasteiger partial charge in [0, 0.05) is 0 Å². The number of carbonyl (C=O) groups is 2. The monoisotopic (exact) mass is 428 g/mol. The fourth-order valence-corrected chi connectivity index (χ4v) is 2.72. The molecular weight excluding hydrogens is 412 g/mol. The summed E-state index contributed by atoms with van der Waals surface area (Å²) in [6.45, 7) is 3.60. The quantitative estimate of drug-likeness (QED) is 0.566. The molecule has 0 aliphatic rings. The number of rotatable bonds is 6. The van der Waals surface area contributed by atoms with Gasteiger partial charge in [0.2, 0.25) is 0 Å². The number of benzene rings is 1. The molecule has 0 saturated heterocycles. The highest BCUT2D eigenvalue weighted by molar-refractivity contribution is 9.10. The van der Waals surface area contributed by atoms with E-state index in [0.717, 1.165) is 0 Å². The SMILES string of the molecule is CC(C)C(CO)NC(=O)c1[nH]nc(NC(=O)c2ccccc2Cl)c1Br. The first-order valence-electron chi connectivity index (χ1n) is 7.56. The van der Waals surface area contributed by atoms with Gasteiger partial charge in [-0.05, 0) is 34.0 Å². The number of carbonyl (C=O) groups excluding carboxylic acids is 2. The molecule has 2 rings (SSSR count). The molecule has 0 saturated carbocycles. The van der Waals surface area contributed by atoms with Crippen LogP contribution < -0.4 is 10.6 Å². The zero-order valence-electron chi connectivity index (χ0n) is 13.6. The lowest BCUT2D eigenvalue weighted by Crippen LogP contribution is -2.41. The molecule has 4 N–H and O–H groups in total. The number of anilines is 1. The van der Waals surface area contributed by atoms with E-state index in [0.29, 0.717) is 15.1 Å². The lowest BCUT2D eigenvalue weighted by molar-refractivity contribution is 0.0890. The number of aliphatic hydroxyl groups excluding tert-OH is 1. The predicted octanol–water partition coefficient (Wildman–Crippen LogP) is 2.82. The average molecular weight is 430 g/mol. The summed E-state index contributed by atoms with van der Waals surface area (Å²) >= 11 is 9.25. The van der Waals surface area contributed by atoms with Gasteiger partial charge in [0.1, 0.15) is 5.69 Å². The molecule has 1 atom stereocenters. The van der Waals surface area contributed by atoms with Crippen molar-refractivity contribution < 1.29 is 14.7 Å². The third kappa shape index (κ3) is 4.59. The Labute approximate surface area is 158 Å². The summed E-state index contributed by atoms with van der Waals surface area (Å²) < 4.78 is 0.311. The summed E-state index contributed by atoms with van der Waals surface area (Å²) in [5.41, 5.74) is 0.443. The Bertz CT molecular complexity index is 778. The molecule has 2 aromatic rings. The number of nitrogens with zero attached hydrogens (tertiary/aromatic N) is 1. The van der Waals surface area contributed by atoms with Crippen molar-refractivity contribution in [3.05, 3.63) is 45.0 Å². The van der Waals surface area contributed by atoms with Crippen LogP contribution in [0.3, 0.4) is 0 Å². The van der Waals surface area contributed by atoms with E-state index in [1.807, 2.05) is 13.8 Å². The maximum atomic E-state index is 12.3. The van der Waals surface area contributed by atoms with Gasteiger partial charge < -0.3 is 15.7 Å². The molecule has 25 heavy (non-hydrogen) atoms. The van der Waals surface area contributed by atoms with Gasteiger partial charge in [-0.1, -0.05) is 37.6 Å². The largest absolute Gasteiger partial charge is 0.394 e. The predicted molar refractivity (Wildman–Crippen MR) is 98.9 cm³/mol. The molecule has 0 fully saturated rings. The highest BCUT2D eigenvalue weighted by atomic mass is 79.9. The Balaban J connectivity index is 2.14. The van der Waals surface area contributed by atoms with Crippen LogP contribution in [0, 0.1) is 5.92 Å². The van der Waals surface area contributed by atoms with Crippen LogP contribution in [0.4, 0.5) is 5.82 Å². The van der Waals surface area contributed by atoms with E-state index in [9.17, 15) is 14.7 Å². The van der Waals surface area contributed by atoms with Gasteiger partial charge in [-0.15, -0.1) is 0 Å². The van der Waals surface area contributed by atoms with Crippen LogP contribution >= 0.6 is 27.5 Å². The number of aliphatic hydroxyl groups is 1. The lowest BCUT2D eigenvalue weighted by Gasteiger charge is -2.19. The van der Waals surface area contributed by atoms with Gasteiger partial charge >= 0.3 is 0 Å². The minimum absolute atomic E-state index is 0.0649. The molecule has 134 valence electrons. The topological polar surface area (TPSA) is 107 Å². The maximum Gasteiger partial charge on any atom is 0.270 e. The first-order valence-corrected chi connectivity index (χ1v) is 8.73. The van der Waals surface area contributed by atoms with Gasteiger partial charge in [-0.2, -0.15) is 5.10 Å². The molecule has 0 aliphatic heterocycles. The molecule has 0 aliphatic carbocycles. The zero-order chi connectivity index (χ0) is 18.6. The minimum atomic E-state index is -0.444. The van der Waals surface area contributed by atoms with Gasteiger partial charge in [0.15, 0.2) is 5.82 Å². The summed E-state index contributed by atoms with van der Waals surface area (Å²) in [6, 6.07) is 6.22. The van der Waals surface area contributed by atoms with Crippen LogP contribution in [-0.4, -0.2) is 39.8 Å². The van der Waals surface area contributed by atoms with Crippen molar-refractivity contribution in [2.75, 3.05) is 11.9 Å². The van der Waals surface area contributed by atoms with E-state index in [1.54, 1.807) is 24.3 Å². The zero-order valence-corrected chi connectivity index (χ0v) is 16.0. The van der Waals surface area contributed by atoms with Crippen LogP contribution in [0.1, 0.15) is 34.7 Å². The van der Waals surface area contributed by atoms with Crippen molar-refractivity contribution in [1.82, 2.24) is 15.5 Å². The van der Waals surface area contributed by atoms with E-state index >= 15 is 0 Å². The molecule has 0 radical (unpaired) electrons. The second-order valence-electron chi connectivity index (χ2n) is 5.70. The van der Waals surface area contributed by atoms with Gasteiger partial charge in [0.05, 0.1) is 27.7 Å². The molecule has 1 aromatic carbocycles. The number of nitrogens with one attached hydrogen (secondary N) is 3. The summed E-state index contributed by atoms with van der Waals surface area (Å²) in [6.07, 6.45) is 0. The van der Waals surface area contributed by atoms with Gasteiger partial charge in [-0.25, -0.2) is 0 Å². The molecule has 1 unspecified atom stereocenters. The van der Waals surface area contributed by atoms with Gasteiger partial charge in [-0.3, -0.25) is 14.7 Å². The highest BCUT2D eigenvalue weighted by Gasteiger charge is 2.23. The standard InChI is InChI=1S/C16H18BrClN4O3/c1-8(2)11(7-23)19-16(25)13-12(17)14(22-21-13)20-15(24)9-5-3-4-6-10(9)18/h3-6,8,11,23H,7H2,1-2H3,(H,19,25)(H2,20,21,22,24). The molecule has 7 nitrogen and oxygen atoms in total. The van der Waals surface area contributed by atoms with Crippen LogP contribution in [0.5, 0.6) is 0 Å². The Hall–Kier alpha value is -1.90. The second-order valence-corrected chi connectivity index (χ2v) is 6.90. The number of aromatic nitrogens is 2. The fourth-order valence-electron chi connectivity index (χ4n) is 2.05. The summed E-state index contributed by atoms with van der Waals surface area (Å²) in [5, 5.41) is 21.4. The molecule has 1 heterocycles. The highest BCUT2D eigenvalue weighted by Crippen LogP contribution is 2.25. The Morgan fingerprint density at radius 2 is 2.00 bits per heavy atom. The summed E-state index contributed by atoms with van der Waals surface area (Å²) in [4.78, 5) is 24.6. The average Bonchev–Trinajstić information content (AvgIpc) is 2.93. The Morgan fingerprint density at radius 1 is 1.32 bits per heavy atom. The molecule has 2 amide bonds. The van der Waals surface area contributed by atoms with Crippen molar-refractivity contribution in [1.29, 1.82) is 0 Å². The lowest BCUT2D eigenvalue weighted by atomic mass is 10.1. The Kier molecular flexibility index (Phi) is 6.57. The summed E-state index contributed by atoms with van der Waals surface area (Å²) in [5.74, 6) is -0.652. The maximum absolute atomic E-state index is 12.3. The number of hydrogen-bond acceptors (Lipinski definition) is 4.